The van der Waals surface area contributed by atoms with Gasteiger partial charge in [-0.3, -0.25) is 4.68 Å². The van der Waals surface area contributed by atoms with Crippen molar-refractivity contribution >= 4 is 17.1 Å². The summed E-state index contributed by atoms with van der Waals surface area (Å²) < 4.78 is 8.76. The summed E-state index contributed by atoms with van der Waals surface area (Å²) in [6.45, 7) is 0.310. The zero-order valence-corrected chi connectivity index (χ0v) is 11.9. The van der Waals surface area contributed by atoms with Crippen LogP contribution in [-0.4, -0.2) is 36.9 Å². The first-order valence-corrected chi connectivity index (χ1v) is 6.55. The highest BCUT2D eigenvalue weighted by Gasteiger charge is 2.11. The molecule has 21 heavy (non-hydrogen) atoms. The van der Waals surface area contributed by atoms with E-state index in [0.29, 0.717) is 24.1 Å². The summed E-state index contributed by atoms with van der Waals surface area (Å²) in [6.07, 6.45) is 7.47. The standard InChI is InChI=1S/C14H15N5O2/c1-18-9-16-12-5-11(7-15-13(12)18)14(20)21-4-3-10-6-17-19(2)8-10/h5-9H,3-4H2,1-2H3. The maximum Gasteiger partial charge on any atom is 0.339 e. The highest BCUT2D eigenvalue weighted by Crippen LogP contribution is 2.11. The van der Waals surface area contributed by atoms with Gasteiger partial charge in [0.05, 0.1) is 24.7 Å². The normalized spacial score (nSPS) is 11.0. The molecule has 0 aliphatic carbocycles. The van der Waals surface area contributed by atoms with Crippen LogP contribution in [0.1, 0.15) is 15.9 Å². The van der Waals surface area contributed by atoms with Gasteiger partial charge in [-0.1, -0.05) is 0 Å². The van der Waals surface area contributed by atoms with Crippen LogP contribution in [0.4, 0.5) is 0 Å². The lowest BCUT2D eigenvalue weighted by molar-refractivity contribution is 0.0509. The zero-order chi connectivity index (χ0) is 14.8. The number of pyridine rings is 1. The van der Waals surface area contributed by atoms with E-state index < -0.39 is 0 Å². The number of esters is 1. The maximum atomic E-state index is 12.0. The first-order valence-electron chi connectivity index (χ1n) is 6.55. The van der Waals surface area contributed by atoms with Crippen molar-refractivity contribution < 1.29 is 9.53 Å². The monoisotopic (exact) mass is 285 g/mol. The van der Waals surface area contributed by atoms with Gasteiger partial charge in [0, 0.05) is 32.9 Å². The lowest BCUT2D eigenvalue weighted by Gasteiger charge is -2.03. The number of carbonyl (C=O) groups is 1. The van der Waals surface area contributed by atoms with Crippen molar-refractivity contribution in [2.75, 3.05) is 6.61 Å². The van der Waals surface area contributed by atoms with Crippen LogP contribution in [-0.2, 0) is 25.3 Å². The van der Waals surface area contributed by atoms with Crippen LogP contribution in [0.15, 0.2) is 31.0 Å². The molecule has 7 nitrogen and oxygen atoms in total. The minimum atomic E-state index is -0.390. The van der Waals surface area contributed by atoms with E-state index in [9.17, 15) is 4.79 Å². The van der Waals surface area contributed by atoms with Gasteiger partial charge in [0.25, 0.3) is 0 Å². The van der Waals surface area contributed by atoms with E-state index in [2.05, 4.69) is 15.1 Å². The van der Waals surface area contributed by atoms with E-state index in [1.165, 1.54) is 6.20 Å². The number of ether oxygens (including phenoxy) is 1. The van der Waals surface area contributed by atoms with Crippen molar-refractivity contribution in [3.8, 4) is 0 Å². The third-order valence-electron chi connectivity index (χ3n) is 3.17. The molecule has 0 saturated carbocycles. The Balaban J connectivity index is 1.63. The van der Waals surface area contributed by atoms with E-state index in [-0.39, 0.29) is 5.97 Å². The van der Waals surface area contributed by atoms with Crippen LogP contribution in [0.3, 0.4) is 0 Å². The molecule has 3 aromatic heterocycles. The van der Waals surface area contributed by atoms with Gasteiger partial charge in [-0.25, -0.2) is 14.8 Å². The van der Waals surface area contributed by atoms with Gasteiger partial charge in [-0.05, 0) is 11.6 Å². The summed E-state index contributed by atoms with van der Waals surface area (Å²) in [5, 5.41) is 4.06. The van der Waals surface area contributed by atoms with Crippen LogP contribution < -0.4 is 0 Å². The molecule has 0 spiro atoms. The average molecular weight is 285 g/mol. The minimum absolute atomic E-state index is 0.310. The summed E-state index contributed by atoms with van der Waals surface area (Å²) in [6, 6.07) is 1.69. The molecule has 7 heteroatoms. The molecule has 0 aromatic carbocycles. The van der Waals surface area contributed by atoms with E-state index in [0.717, 1.165) is 11.2 Å². The molecular weight excluding hydrogens is 270 g/mol. The number of imidazole rings is 1. The first kappa shape index (κ1) is 13.3. The Morgan fingerprint density at radius 2 is 2.14 bits per heavy atom. The second-order valence-electron chi connectivity index (χ2n) is 4.83. The minimum Gasteiger partial charge on any atom is -0.462 e. The third kappa shape index (κ3) is 2.76. The molecule has 0 unspecified atom stereocenters. The largest absolute Gasteiger partial charge is 0.462 e. The van der Waals surface area contributed by atoms with Gasteiger partial charge >= 0.3 is 5.97 Å². The molecule has 3 heterocycles. The fourth-order valence-electron chi connectivity index (χ4n) is 2.07. The van der Waals surface area contributed by atoms with Crippen molar-refractivity contribution in [1.82, 2.24) is 24.3 Å². The quantitative estimate of drug-likeness (QED) is 0.671. The molecule has 3 aromatic rings. The molecule has 0 amide bonds. The molecule has 0 fully saturated rings. The molecule has 0 aliphatic heterocycles. The Kier molecular flexibility index (Phi) is 3.39. The Labute approximate surface area is 121 Å². The molecule has 0 bridgehead atoms. The van der Waals surface area contributed by atoms with Crippen LogP contribution in [0.2, 0.25) is 0 Å². The van der Waals surface area contributed by atoms with E-state index >= 15 is 0 Å². The summed E-state index contributed by atoms with van der Waals surface area (Å²) >= 11 is 0. The maximum absolute atomic E-state index is 12.0. The number of aromatic nitrogens is 5. The number of aryl methyl sites for hydroxylation is 2. The Morgan fingerprint density at radius 3 is 2.90 bits per heavy atom. The molecule has 0 aliphatic rings. The SMILES string of the molecule is Cn1cc(CCOC(=O)c2cnc3c(c2)ncn3C)cn1. The molecular formula is C14H15N5O2. The van der Waals surface area contributed by atoms with E-state index in [1.807, 2.05) is 20.3 Å². The number of nitrogens with zero attached hydrogens (tertiary/aromatic N) is 5. The van der Waals surface area contributed by atoms with E-state index in [1.54, 1.807) is 27.8 Å². The van der Waals surface area contributed by atoms with Gasteiger partial charge < -0.3 is 9.30 Å². The highest BCUT2D eigenvalue weighted by molar-refractivity contribution is 5.92. The van der Waals surface area contributed by atoms with Gasteiger partial charge in [0.2, 0.25) is 0 Å². The predicted molar refractivity (Wildman–Crippen MR) is 75.7 cm³/mol. The third-order valence-corrected chi connectivity index (χ3v) is 3.17. The van der Waals surface area contributed by atoms with Gasteiger partial charge in [0.1, 0.15) is 5.52 Å². The molecule has 108 valence electrons. The molecule has 0 saturated heterocycles. The van der Waals surface area contributed by atoms with Crippen LogP contribution in [0.5, 0.6) is 0 Å². The van der Waals surface area contributed by atoms with Crippen LogP contribution >= 0.6 is 0 Å². The number of carbonyl (C=O) groups excluding carboxylic acids is 1. The molecule has 0 N–H and O–H groups in total. The predicted octanol–water partition coefficient (Wildman–Crippen LogP) is 1.10. The second kappa shape index (κ2) is 5.35. The topological polar surface area (TPSA) is 74.8 Å². The van der Waals surface area contributed by atoms with Crippen molar-refractivity contribution in [1.29, 1.82) is 0 Å². The fourth-order valence-corrected chi connectivity index (χ4v) is 2.07. The number of rotatable bonds is 4. The van der Waals surface area contributed by atoms with E-state index in [4.69, 9.17) is 4.74 Å². The lowest BCUT2D eigenvalue weighted by atomic mass is 10.2. The van der Waals surface area contributed by atoms with Crippen LogP contribution in [0.25, 0.3) is 11.2 Å². The van der Waals surface area contributed by atoms with Gasteiger partial charge in [-0.15, -0.1) is 0 Å². The molecule has 0 atom stereocenters. The summed E-state index contributed by atoms with van der Waals surface area (Å²) in [4.78, 5) is 20.4. The summed E-state index contributed by atoms with van der Waals surface area (Å²) in [5.41, 5.74) is 2.86. The summed E-state index contributed by atoms with van der Waals surface area (Å²) in [7, 11) is 3.71. The smallest absolute Gasteiger partial charge is 0.339 e. The Bertz CT molecular complexity index is 790. The Morgan fingerprint density at radius 1 is 1.29 bits per heavy atom. The van der Waals surface area contributed by atoms with Crippen molar-refractivity contribution in [3.63, 3.8) is 0 Å². The van der Waals surface area contributed by atoms with Crippen molar-refractivity contribution in [2.24, 2.45) is 14.1 Å². The van der Waals surface area contributed by atoms with Crippen molar-refractivity contribution in [3.05, 3.63) is 42.1 Å². The fraction of sp³-hybridized carbons (Fsp3) is 0.286. The summed E-state index contributed by atoms with van der Waals surface area (Å²) in [5.74, 6) is -0.390. The number of hydrogen-bond donors (Lipinski definition) is 0. The van der Waals surface area contributed by atoms with Crippen molar-refractivity contribution in [2.45, 2.75) is 6.42 Å². The van der Waals surface area contributed by atoms with Gasteiger partial charge in [0.15, 0.2) is 5.65 Å². The average Bonchev–Trinajstić information content (AvgIpc) is 3.05. The van der Waals surface area contributed by atoms with Gasteiger partial charge in [-0.2, -0.15) is 5.10 Å². The number of hydrogen-bond acceptors (Lipinski definition) is 5. The zero-order valence-electron chi connectivity index (χ0n) is 11.9. The second-order valence-corrected chi connectivity index (χ2v) is 4.83. The number of fused-ring (bicyclic) bond motifs is 1. The van der Waals surface area contributed by atoms with Crippen LogP contribution in [0, 0.1) is 0 Å². The molecule has 0 radical (unpaired) electrons. The lowest BCUT2D eigenvalue weighted by Crippen LogP contribution is -2.08. The molecule has 3 rings (SSSR count). The first-order chi connectivity index (χ1) is 10.1. The highest BCUT2D eigenvalue weighted by atomic mass is 16.5. The Hall–Kier alpha value is -2.70.